The Morgan fingerprint density at radius 1 is 1.38 bits per heavy atom. The zero-order valence-corrected chi connectivity index (χ0v) is 9.62. The summed E-state index contributed by atoms with van der Waals surface area (Å²) in [4.78, 5) is 11.7. The van der Waals surface area contributed by atoms with E-state index in [0.717, 1.165) is 30.5 Å². The van der Waals surface area contributed by atoms with Crippen LogP contribution in [0.4, 0.5) is 0 Å². The van der Waals surface area contributed by atoms with Crippen molar-refractivity contribution in [2.24, 2.45) is 0 Å². The summed E-state index contributed by atoms with van der Waals surface area (Å²) in [6, 6.07) is 6.19. The van der Waals surface area contributed by atoms with E-state index in [-0.39, 0.29) is 0 Å². The van der Waals surface area contributed by atoms with Crippen molar-refractivity contribution in [1.82, 2.24) is 5.32 Å². The molecule has 1 aromatic rings. The van der Waals surface area contributed by atoms with Crippen LogP contribution >= 0.6 is 0 Å². The Labute approximate surface area is 96.4 Å². The predicted octanol–water partition coefficient (Wildman–Crippen LogP) is 2.44. The van der Waals surface area contributed by atoms with Crippen molar-refractivity contribution in [2.45, 2.75) is 19.3 Å². The first kappa shape index (κ1) is 11.1. The molecule has 1 N–H and O–H groups in total. The van der Waals surface area contributed by atoms with E-state index in [0.29, 0.717) is 12.2 Å². The molecule has 2 heteroatoms. The molecular formula is C14H17NO. The van der Waals surface area contributed by atoms with Gasteiger partial charge in [-0.05, 0) is 37.1 Å². The molecule has 1 aromatic carbocycles. The fraction of sp³-hybridized carbons (Fsp3) is 0.357. The average Bonchev–Trinajstić information content (AvgIpc) is 2.30. The summed E-state index contributed by atoms with van der Waals surface area (Å²) >= 11 is 0. The van der Waals surface area contributed by atoms with E-state index in [9.17, 15) is 4.79 Å². The van der Waals surface area contributed by atoms with Gasteiger partial charge in [0.2, 0.25) is 0 Å². The molecule has 0 unspecified atom stereocenters. The van der Waals surface area contributed by atoms with Gasteiger partial charge in [0, 0.05) is 18.5 Å². The first-order valence-electron chi connectivity index (χ1n) is 5.78. The Morgan fingerprint density at radius 3 is 3.06 bits per heavy atom. The molecule has 0 fully saturated rings. The number of benzene rings is 1. The van der Waals surface area contributed by atoms with Gasteiger partial charge in [0.25, 0.3) is 0 Å². The van der Waals surface area contributed by atoms with Crippen LogP contribution in [0.3, 0.4) is 0 Å². The van der Waals surface area contributed by atoms with Crippen molar-refractivity contribution in [1.29, 1.82) is 0 Å². The summed E-state index contributed by atoms with van der Waals surface area (Å²) in [6.07, 6.45) is 6.87. The molecule has 16 heavy (non-hydrogen) atoms. The van der Waals surface area contributed by atoms with Gasteiger partial charge in [-0.2, -0.15) is 0 Å². The molecular weight excluding hydrogens is 198 g/mol. The highest BCUT2D eigenvalue weighted by atomic mass is 16.1. The van der Waals surface area contributed by atoms with Gasteiger partial charge < -0.3 is 5.32 Å². The van der Waals surface area contributed by atoms with Crippen molar-refractivity contribution < 1.29 is 4.79 Å². The summed E-state index contributed by atoms with van der Waals surface area (Å²) in [5.74, 6) is 0.296. The number of Topliss-reactive ketones (excluding diaryl/α,β-unsaturated/α-hetero) is 1. The van der Waals surface area contributed by atoms with Gasteiger partial charge in [-0.25, -0.2) is 0 Å². The number of rotatable bonds is 3. The largest absolute Gasteiger partial charge is 0.316 e. The summed E-state index contributed by atoms with van der Waals surface area (Å²) in [7, 11) is 1.92. The zero-order chi connectivity index (χ0) is 11.4. The van der Waals surface area contributed by atoms with Crippen molar-refractivity contribution in [3.8, 4) is 0 Å². The average molecular weight is 215 g/mol. The lowest BCUT2D eigenvalue weighted by atomic mass is 9.89. The highest BCUT2D eigenvalue weighted by Crippen LogP contribution is 2.22. The van der Waals surface area contributed by atoms with Gasteiger partial charge in [0.15, 0.2) is 5.78 Å². The first-order chi connectivity index (χ1) is 7.81. The van der Waals surface area contributed by atoms with Crippen LogP contribution < -0.4 is 5.32 Å². The standard InChI is InChI=1S/C14H17NO/c1-15-9-3-4-11-7-8-12-5-2-6-14(16)13(12)10-11/h3-4,7-8,10,15H,2,5-6,9H2,1H3. The Kier molecular flexibility index (Phi) is 3.52. The number of carbonyl (C=O) groups excluding carboxylic acids is 1. The predicted molar refractivity (Wildman–Crippen MR) is 66.7 cm³/mol. The van der Waals surface area contributed by atoms with Crippen LogP contribution in [0.25, 0.3) is 6.08 Å². The highest BCUT2D eigenvalue weighted by molar-refractivity contribution is 5.98. The van der Waals surface area contributed by atoms with Gasteiger partial charge in [0.05, 0.1) is 0 Å². The fourth-order valence-electron chi connectivity index (χ4n) is 2.06. The molecule has 0 radical (unpaired) electrons. The first-order valence-corrected chi connectivity index (χ1v) is 5.78. The molecule has 0 atom stereocenters. The molecule has 0 aromatic heterocycles. The number of likely N-dealkylation sites (N-methyl/N-ethyl adjacent to an activating group) is 1. The highest BCUT2D eigenvalue weighted by Gasteiger charge is 2.16. The number of fused-ring (bicyclic) bond motifs is 1. The summed E-state index contributed by atoms with van der Waals surface area (Å²) < 4.78 is 0. The zero-order valence-electron chi connectivity index (χ0n) is 9.62. The summed E-state index contributed by atoms with van der Waals surface area (Å²) in [5, 5.41) is 3.06. The van der Waals surface area contributed by atoms with Crippen LogP contribution in [-0.2, 0) is 6.42 Å². The van der Waals surface area contributed by atoms with Crippen LogP contribution in [0.1, 0.15) is 34.3 Å². The molecule has 0 amide bonds. The van der Waals surface area contributed by atoms with E-state index in [1.165, 1.54) is 5.56 Å². The second-order valence-corrected chi connectivity index (χ2v) is 4.15. The third kappa shape index (κ3) is 2.39. The number of carbonyl (C=O) groups is 1. The van der Waals surface area contributed by atoms with E-state index in [1.54, 1.807) is 0 Å². The van der Waals surface area contributed by atoms with Crippen LogP contribution in [0, 0.1) is 0 Å². The normalized spacial score (nSPS) is 15.4. The van der Waals surface area contributed by atoms with E-state index in [1.807, 2.05) is 13.1 Å². The van der Waals surface area contributed by atoms with Crippen LogP contribution in [0.5, 0.6) is 0 Å². The minimum absolute atomic E-state index is 0.296. The quantitative estimate of drug-likeness (QED) is 0.839. The second kappa shape index (κ2) is 5.08. The number of aryl methyl sites for hydroxylation is 1. The molecule has 0 heterocycles. The van der Waals surface area contributed by atoms with Crippen molar-refractivity contribution in [3.05, 3.63) is 41.0 Å². The molecule has 0 saturated carbocycles. The van der Waals surface area contributed by atoms with Crippen molar-refractivity contribution in [3.63, 3.8) is 0 Å². The fourth-order valence-corrected chi connectivity index (χ4v) is 2.06. The molecule has 0 aliphatic heterocycles. The number of hydrogen-bond acceptors (Lipinski definition) is 2. The molecule has 0 bridgehead atoms. The lowest BCUT2D eigenvalue weighted by Gasteiger charge is -2.14. The van der Waals surface area contributed by atoms with E-state index in [4.69, 9.17) is 0 Å². The van der Waals surface area contributed by atoms with E-state index in [2.05, 4.69) is 29.6 Å². The van der Waals surface area contributed by atoms with Gasteiger partial charge in [-0.15, -0.1) is 0 Å². The van der Waals surface area contributed by atoms with Gasteiger partial charge in [-0.1, -0.05) is 24.3 Å². The monoisotopic (exact) mass is 215 g/mol. The van der Waals surface area contributed by atoms with Gasteiger partial charge in [-0.3, -0.25) is 4.79 Å². The summed E-state index contributed by atoms with van der Waals surface area (Å²) in [5.41, 5.74) is 3.25. The Hall–Kier alpha value is -1.41. The van der Waals surface area contributed by atoms with E-state index < -0.39 is 0 Å². The lowest BCUT2D eigenvalue weighted by molar-refractivity contribution is 0.0972. The maximum absolute atomic E-state index is 11.7. The Morgan fingerprint density at radius 2 is 2.25 bits per heavy atom. The smallest absolute Gasteiger partial charge is 0.163 e. The van der Waals surface area contributed by atoms with Crippen LogP contribution in [0.2, 0.25) is 0 Å². The maximum Gasteiger partial charge on any atom is 0.163 e. The van der Waals surface area contributed by atoms with Gasteiger partial charge >= 0.3 is 0 Å². The third-order valence-corrected chi connectivity index (χ3v) is 2.92. The SMILES string of the molecule is CNCC=Cc1ccc2c(c1)C(=O)CCC2. The van der Waals surface area contributed by atoms with Crippen LogP contribution in [-0.4, -0.2) is 19.4 Å². The Balaban J connectivity index is 2.23. The molecule has 2 rings (SSSR count). The lowest BCUT2D eigenvalue weighted by Crippen LogP contribution is -2.10. The molecule has 0 saturated heterocycles. The molecule has 2 nitrogen and oxygen atoms in total. The van der Waals surface area contributed by atoms with Crippen molar-refractivity contribution >= 4 is 11.9 Å². The molecule has 84 valence electrons. The Bertz CT molecular complexity index is 421. The van der Waals surface area contributed by atoms with Crippen LogP contribution in [0.15, 0.2) is 24.3 Å². The molecule has 0 spiro atoms. The number of hydrogen-bond donors (Lipinski definition) is 1. The maximum atomic E-state index is 11.7. The minimum Gasteiger partial charge on any atom is -0.316 e. The minimum atomic E-state index is 0.296. The third-order valence-electron chi connectivity index (χ3n) is 2.92. The molecule has 1 aliphatic carbocycles. The van der Waals surface area contributed by atoms with Crippen molar-refractivity contribution in [2.75, 3.05) is 13.6 Å². The van der Waals surface area contributed by atoms with Gasteiger partial charge in [0.1, 0.15) is 0 Å². The summed E-state index contributed by atoms with van der Waals surface area (Å²) in [6.45, 7) is 0.852. The number of nitrogens with one attached hydrogen (secondary N) is 1. The molecule has 1 aliphatic rings. The van der Waals surface area contributed by atoms with E-state index >= 15 is 0 Å². The topological polar surface area (TPSA) is 29.1 Å². The second-order valence-electron chi connectivity index (χ2n) is 4.15. The number of ketones is 1.